The zero-order valence-electron chi connectivity index (χ0n) is 12.8. The Bertz CT molecular complexity index is 564. The minimum atomic E-state index is 0.135. The van der Waals surface area contributed by atoms with Gasteiger partial charge in [0.2, 0.25) is 0 Å². The number of nitrogens with zero attached hydrogens (tertiary/aromatic N) is 3. The molecule has 0 saturated carbocycles. The zero-order chi connectivity index (χ0) is 14.8. The van der Waals surface area contributed by atoms with E-state index < -0.39 is 0 Å². The van der Waals surface area contributed by atoms with Crippen LogP contribution in [0.4, 0.5) is 0 Å². The van der Waals surface area contributed by atoms with Crippen molar-refractivity contribution in [3.05, 3.63) is 29.3 Å². The molecule has 2 unspecified atom stereocenters. The van der Waals surface area contributed by atoms with Gasteiger partial charge in [-0.3, -0.25) is 0 Å². The van der Waals surface area contributed by atoms with Gasteiger partial charge in [0.15, 0.2) is 0 Å². The van der Waals surface area contributed by atoms with Crippen molar-refractivity contribution < 1.29 is 0 Å². The number of thiazole rings is 1. The van der Waals surface area contributed by atoms with Crippen molar-refractivity contribution >= 4 is 21.6 Å². The minimum absolute atomic E-state index is 0.135. The molecule has 2 aromatic rings. The number of nitrogens with two attached hydrogens (primary N) is 1. The maximum atomic E-state index is 6.52. The van der Waals surface area contributed by atoms with Crippen LogP contribution in [0, 0.1) is 0 Å². The fourth-order valence-corrected chi connectivity index (χ4v) is 4.15. The molecule has 2 N–H and O–H groups in total. The van der Waals surface area contributed by atoms with Crippen molar-refractivity contribution in [1.29, 1.82) is 0 Å². The molecule has 0 bridgehead atoms. The predicted octanol–water partition coefficient (Wildman–Crippen LogP) is 1.80. The number of para-hydroxylation sites is 1. The molecule has 0 aliphatic carbocycles. The fourth-order valence-electron chi connectivity index (χ4n) is 3.11. The Hall–Kier alpha value is -1.01. The molecule has 3 rings (SSSR count). The first-order chi connectivity index (χ1) is 10.1. The van der Waals surface area contributed by atoms with Gasteiger partial charge in [-0.2, -0.15) is 0 Å². The van der Waals surface area contributed by atoms with E-state index in [0.29, 0.717) is 6.04 Å². The van der Waals surface area contributed by atoms with Crippen molar-refractivity contribution in [1.82, 2.24) is 14.8 Å². The summed E-state index contributed by atoms with van der Waals surface area (Å²) < 4.78 is 1.26. The van der Waals surface area contributed by atoms with E-state index in [2.05, 4.69) is 42.1 Å². The summed E-state index contributed by atoms with van der Waals surface area (Å²) in [6, 6.07) is 8.86. The predicted molar refractivity (Wildman–Crippen MR) is 89.8 cm³/mol. The van der Waals surface area contributed by atoms with Crippen LogP contribution in [0.25, 0.3) is 10.2 Å². The quantitative estimate of drug-likeness (QED) is 0.939. The van der Waals surface area contributed by atoms with Gasteiger partial charge in [-0.1, -0.05) is 12.1 Å². The second-order valence-corrected chi connectivity index (χ2v) is 7.22. The van der Waals surface area contributed by atoms with Gasteiger partial charge in [0.25, 0.3) is 0 Å². The van der Waals surface area contributed by atoms with Crippen LogP contribution in [0.1, 0.15) is 11.4 Å². The van der Waals surface area contributed by atoms with Crippen LogP contribution >= 0.6 is 11.3 Å². The van der Waals surface area contributed by atoms with Crippen molar-refractivity contribution in [3.8, 4) is 0 Å². The zero-order valence-corrected chi connectivity index (χ0v) is 13.6. The molecule has 1 aliphatic rings. The van der Waals surface area contributed by atoms with Gasteiger partial charge in [-0.05, 0) is 45.7 Å². The first-order valence-corrected chi connectivity index (χ1v) is 8.44. The number of hydrogen-bond donors (Lipinski definition) is 1. The van der Waals surface area contributed by atoms with Crippen molar-refractivity contribution in [2.75, 3.05) is 33.7 Å². The summed E-state index contributed by atoms with van der Waals surface area (Å²) in [7, 11) is 4.39. The third kappa shape index (κ3) is 3.43. The molecular formula is C16H24N4S. The molecule has 5 heteroatoms. The minimum Gasteiger partial charge on any atom is -0.326 e. The first kappa shape index (κ1) is 14.9. The second kappa shape index (κ2) is 6.40. The smallest absolute Gasteiger partial charge is 0.0954 e. The van der Waals surface area contributed by atoms with Crippen LogP contribution in [0.2, 0.25) is 0 Å². The average molecular weight is 304 g/mol. The molecule has 21 heavy (non-hydrogen) atoms. The summed E-state index contributed by atoms with van der Waals surface area (Å²) in [4.78, 5) is 9.53. The van der Waals surface area contributed by atoms with Gasteiger partial charge in [-0.15, -0.1) is 11.3 Å². The Morgan fingerprint density at radius 2 is 2.14 bits per heavy atom. The highest BCUT2D eigenvalue weighted by Gasteiger charge is 2.26. The number of aromatic nitrogens is 1. The van der Waals surface area contributed by atoms with E-state index in [0.717, 1.165) is 36.6 Å². The molecule has 0 radical (unpaired) electrons. The Balaban J connectivity index is 1.73. The fraction of sp³-hybridized carbons (Fsp3) is 0.562. The second-order valence-electron chi connectivity index (χ2n) is 6.11. The van der Waals surface area contributed by atoms with Crippen molar-refractivity contribution in [3.63, 3.8) is 0 Å². The van der Waals surface area contributed by atoms with Crippen LogP contribution in [0.3, 0.4) is 0 Å². The lowest BCUT2D eigenvalue weighted by Crippen LogP contribution is -2.51. The highest BCUT2D eigenvalue weighted by Crippen LogP contribution is 2.23. The SMILES string of the molecule is CN1CCCN(C)C(C(N)Cc2nc3ccccc3s2)C1. The van der Waals surface area contributed by atoms with E-state index in [4.69, 9.17) is 10.7 Å². The molecule has 2 atom stereocenters. The van der Waals surface area contributed by atoms with Gasteiger partial charge in [0.1, 0.15) is 0 Å². The van der Waals surface area contributed by atoms with Gasteiger partial charge >= 0.3 is 0 Å². The number of benzene rings is 1. The average Bonchev–Trinajstić information content (AvgIpc) is 2.78. The van der Waals surface area contributed by atoms with Gasteiger partial charge in [-0.25, -0.2) is 4.98 Å². The van der Waals surface area contributed by atoms with Gasteiger partial charge in [0, 0.05) is 25.0 Å². The summed E-state index contributed by atoms with van der Waals surface area (Å²) in [5.41, 5.74) is 7.62. The lowest BCUT2D eigenvalue weighted by atomic mass is 10.0. The van der Waals surface area contributed by atoms with Crippen molar-refractivity contribution in [2.24, 2.45) is 5.73 Å². The number of fused-ring (bicyclic) bond motifs is 1. The van der Waals surface area contributed by atoms with Crippen LogP contribution in [-0.4, -0.2) is 60.6 Å². The normalized spacial score (nSPS) is 23.3. The number of likely N-dealkylation sites (N-methyl/N-ethyl adjacent to an activating group) is 2. The van der Waals surface area contributed by atoms with E-state index >= 15 is 0 Å². The summed E-state index contributed by atoms with van der Waals surface area (Å²) in [6.45, 7) is 3.33. The molecule has 0 amide bonds. The highest BCUT2D eigenvalue weighted by atomic mass is 32.1. The first-order valence-electron chi connectivity index (χ1n) is 7.62. The summed E-state index contributed by atoms with van der Waals surface area (Å²) in [5, 5.41) is 1.16. The Labute approximate surface area is 130 Å². The van der Waals surface area contributed by atoms with E-state index in [-0.39, 0.29) is 6.04 Å². The largest absolute Gasteiger partial charge is 0.326 e. The van der Waals surface area contributed by atoms with Crippen LogP contribution in [0.15, 0.2) is 24.3 Å². The van der Waals surface area contributed by atoms with Crippen LogP contribution in [0.5, 0.6) is 0 Å². The molecule has 1 aromatic carbocycles. The third-order valence-corrected chi connectivity index (χ3v) is 5.42. The molecule has 0 spiro atoms. The molecule has 1 saturated heterocycles. The number of hydrogen-bond acceptors (Lipinski definition) is 5. The van der Waals surface area contributed by atoms with E-state index in [1.807, 2.05) is 6.07 Å². The standard InChI is InChI=1S/C16H24N4S/c1-19-8-5-9-20(2)14(11-19)12(17)10-16-18-13-6-3-4-7-15(13)21-16/h3-4,6-7,12,14H,5,8-11,17H2,1-2H3. The van der Waals surface area contributed by atoms with Crippen molar-refractivity contribution in [2.45, 2.75) is 24.9 Å². The molecule has 114 valence electrons. The number of rotatable bonds is 3. The van der Waals surface area contributed by atoms with E-state index in [9.17, 15) is 0 Å². The van der Waals surface area contributed by atoms with Gasteiger partial charge in [0.05, 0.1) is 15.2 Å². The van der Waals surface area contributed by atoms with E-state index in [1.54, 1.807) is 11.3 Å². The summed E-state index contributed by atoms with van der Waals surface area (Å²) >= 11 is 1.77. The summed E-state index contributed by atoms with van der Waals surface area (Å²) in [6.07, 6.45) is 2.08. The monoisotopic (exact) mass is 304 g/mol. The van der Waals surface area contributed by atoms with Gasteiger partial charge < -0.3 is 15.5 Å². The lowest BCUT2D eigenvalue weighted by molar-refractivity contribution is 0.195. The Kier molecular flexibility index (Phi) is 4.54. The van der Waals surface area contributed by atoms with Crippen LogP contribution in [-0.2, 0) is 6.42 Å². The molecule has 4 nitrogen and oxygen atoms in total. The molecule has 1 aliphatic heterocycles. The lowest BCUT2D eigenvalue weighted by Gasteiger charge is -2.32. The topological polar surface area (TPSA) is 45.4 Å². The third-order valence-electron chi connectivity index (χ3n) is 4.36. The molecule has 1 fully saturated rings. The molecular weight excluding hydrogens is 280 g/mol. The molecule has 2 heterocycles. The highest BCUT2D eigenvalue weighted by molar-refractivity contribution is 7.18. The Morgan fingerprint density at radius 1 is 1.33 bits per heavy atom. The summed E-state index contributed by atoms with van der Waals surface area (Å²) in [5.74, 6) is 0. The van der Waals surface area contributed by atoms with E-state index in [1.165, 1.54) is 11.1 Å². The maximum Gasteiger partial charge on any atom is 0.0954 e. The van der Waals surface area contributed by atoms with Crippen LogP contribution < -0.4 is 5.73 Å². The molecule has 1 aromatic heterocycles. The maximum absolute atomic E-state index is 6.52. The Morgan fingerprint density at radius 3 is 2.95 bits per heavy atom.